The van der Waals surface area contributed by atoms with Gasteiger partial charge in [-0.3, -0.25) is 9.48 Å². The standard InChI is InChI=1S/C19H21N5O5/c1-10-14(11(2)29-22-10)9-23-8-13(7-20-23)24-18(27)15(21-19(24)28)5-12-3-4-16(25)17(26)6-12/h3,6-8,15-16,25-26H,4-5,9H2,1-2H3,(H,21,28). The third-order valence-corrected chi connectivity index (χ3v) is 5.12. The highest BCUT2D eigenvalue weighted by atomic mass is 16.5. The Labute approximate surface area is 166 Å². The zero-order valence-electron chi connectivity index (χ0n) is 16.0. The van der Waals surface area contributed by atoms with E-state index in [0.29, 0.717) is 23.6 Å². The maximum atomic E-state index is 12.8. The molecule has 1 aliphatic heterocycles. The van der Waals surface area contributed by atoms with E-state index >= 15 is 0 Å². The summed E-state index contributed by atoms with van der Waals surface area (Å²) >= 11 is 0. The number of aliphatic hydroxyl groups excluding tert-OH is 2. The lowest BCUT2D eigenvalue weighted by Gasteiger charge is -2.16. The van der Waals surface area contributed by atoms with Crippen LogP contribution in [0.1, 0.15) is 29.9 Å². The molecule has 4 rings (SSSR count). The Balaban J connectivity index is 1.48. The summed E-state index contributed by atoms with van der Waals surface area (Å²) in [6, 6.07) is -1.28. The number of aliphatic hydroxyl groups is 2. The molecule has 29 heavy (non-hydrogen) atoms. The molecule has 3 heterocycles. The van der Waals surface area contributed by atoms with Gasteiger partial charge in [0.05, 0.1) is 24.1 Å². The Morgan fingerprint density at radius 2 is 2.14 bits per heavy atom. The molecule has 3 N–H and O–H groups in total. The average Bonchev–Trinajstić information content (AvgIpc) is 3.33. The number of aryl methyl sites for hydroxylation is 2. The molecule has 3 amide bonds. The van der Waals surface area contributed by atoms with Crippen molar-refractivity contribution in [1.29, 1.82) is 0 Å². The Kier molecular flexibility index (Phi) is 4.71. The normalized spacial score (nSPS) is 22.0. The van der Waals surface area contributed by atoms with Gasteiger partial charge in [0.25, 0.3) is 5.91 Å². The van der Waals surface area contributed by atoms with Crippen molar-refractivity contribution in [2.75, 3.05) is 4.90 Å². The van der Waals surface area contributed by atoms with E-state index in [0.717, 1.165) is 16.2 Å². The number of aromatic nitrogens is 3. The molecule has 2 atom stereocenters. The van der Waals surface area contributed by atoms with Crippen LogP contribution in [0.5, 0.6) is 0 Å². The molecule has 1 aliphatic carbocycles. The van der Waals surface area contributed by atoms with Gasteiger partial charge in [0.15, 0.2) is 0 Å². The van der Waals surface area contributed by atoms with Crippen LogP contribution in [-0.2, 0) is 11.3 Å². The van der Waals surface area contributed by atoms with Crippen molar-refractivity contribution in [2.24, 2.45) is 0 Å². The first-order chi connectivity index (χ1) is 13.8. The lowest BCUT2D eigenvalue weighted by molar-refractivity contribution is -0.118. The Morgan fingerprint density at radius 1 is 1.34 bits per heavy atom. The smallest absolute Gasteiger partial charge is 0.329 e. The second kappa shape index (κ2) is 7.21. The van der Waals surface area contributed by atoms with Crippen LogP contribution in [0, 0.1) is 13.8 Å². The molecular weight excluding hydrogens is 378 g/mol. The summed E-state index contributed by atoms with van der Waals surface area (Å²) < 4.78 is 6.76. The number of hydrogen-bond donors (Lipinski definition) is 3. The summed E-state index contributed by atoms with van der Waals surface area (Å²) in [5, 5.41) is 30.0. The lowest BCUT2D eigenvalue weighted by atomic mass is 9.97. The molecule has 0 aromatic carbocycles. The SMILES string of the molecule is Cc1noc(C)c1Cn1cc(N2C(=O)NC(CC3=CCC(O)C(O)=C3)C2=O)cn1. The first kappa shape index (κ1) is 18.9. The van der Waals surface area contributed by atoms with Gasteiger partial charge in [0.2, 0.25) is 0 Å². The van der Waals surface area contributed by atoms with Gasteiger partial charge in [0.1, 0.15) is 23.7 Å². The third-order valence-electron chi connectivity index (χ3n) is 5.12. The van der Waals surface area contributed by atoms with Gasteiger partial charge in [-0.1, -0.05) is 11.2 Å². The summed E-state index contributed by atoms with van der Waals surface area (Å²) in [4.78, 5) is 26.2. The summed E-state index contributed by atoms with van der Waals surface area (Å²) in [5.41, 5.74) is 2.71. The molecule has 10 heteroatoms. The molecule has 1 fully saturated rings. The van der Waals surface area contributed by atoms with Crippen LogP contribution >= 0.6 is 0 Å². The first-order valence-corrected chi connectivity index (χ1v) is 9.20. The molecule has 0 saturated carbocycles. The molecule has 2 aromatic heterocycles. The summed E-state index contributed by atoms with van der Waals surface area (Å²) in [6.45, 7) is 4.06. The highest BCUT2D eigenvalue weighted by molar-refractivity contribution is 6.21. The Morgan fingerprint density at radius 3 is 2.83 bits per heavy atom. The van der Waals surface area contributed by atoms with E-state index in [2.05, 4.69) is 15.6 Å². The molecule has 2 unspecified atom stereocenters. The number of carbonyl (C=O) groups is 2. The number of urea groups is 1. The predicted octanol–water partition coefficient (Wildman–Crippen LogP) is 1.48. The Hall–Kier alpha value is -3.40. The van der Waals surface area contributed by atoms with Crippen molar-refractivity contribution in [1.82, 2.24) is 20.3 Å². The fraction of sp³-hybridized carbons (Fsp3) is 0.368. The first-order valence-electron chi connectivity index (χ1n) is 9.20. The van der Waals surface area contributed by atoms with Crippen molar-refractivity contribution in [3.63, 3.8) is 0 Å². The van der Waals surface area contributed by atoms with Gasteiger partial charge in [-0.05, 0) is 31.9 Å². The molecule has 0 spiro atoms. The van der Waals surface area contributed by atoms with Crippen LogP contribution in [0.3, 0.4) is 0 Å². The van der Waals surface area contributed by atoms with Crippen LogP contribution in [0.2, 0.25) is 0 Å². The largest absolute Gasteiger partial charge is 0.510 e. The third kappa shape index (κ3) is 3.54. The van der Waals surface area contributed by atoms with Crippen LogP contribution in [-0.4, -0.2) is 49.2 Å². The number of imide groups is 1. The second-order valence-electron chi connectivity index (χ2n) is 7.18. The molecule has 2 aliphatic rings. The van der Waals surface area contributed by atoms with Crippen molar-refractivity contribution >= 4 is 17.6 Å². The van der Waals surface area contributed by atoms with E-state index in [9.17, 15) is 19.8 Å². The number of hydrogen-bond acceptors (Lipinski definition) is 7. The van der Waals surface area contributed by atoms with E-state index < -0.39 is 24.1 Å². The van der Waals surface area contributed by atoms with E-state index in [4.69, 9.17) is 4.52 Å². The van der Waals surface area contributed by atoms with Gasteiger partial charge < -0.3 is 20.1 Å². The monoisotopic (exact) mass is 399 g/mol. The zero-order chi connectivity index (χ0) is 20.7. The second-order valence-corrected chi connectivity index (χ2v) is 7.18. The Bertz CT molecular complexity index is 1010. The van der Waals surface area contributed by atoms with Crippen LogP contribution < -0.4 is 10.2 Å². The van der Waals surface area contributed by atoms with Crippen molar-refractivity contribution in [3.05, 3.63) is 52.9 Å². The number of anilines is 1. The highest BCUT2D eigenvalue weighted by Gasteiger charge is 2.40. The number of amides is 3. The van der Waals surface area contributed by atoms with Gasteiger partial charge >= 0.3 is 6.03 Å². The number of nitrogens with one attached hydrogen (secondary N) is 1. The molecule has 0 bridgehead atoms. The predicted molar refractivity (Wildman–Crippen MR) is 101 cm³/mol. The molecule has 10 nitrogen and oxygen atoms in total. The van der Waals surface area contributed by atoms with Crippen LogP contribution in [0.25, 0.3) is 0 Å². The van der Waals surface area contributed by atoms with Gasteiger partial charge in [0, 0.05) is 18.2 Å². The molecular formula is C19H21N5O5. The van der Waals surface area contributed by atoms with E-state index in [1.165, 1.54) is 12.3 Å². The molecule has 0 radical (unpaired) electrons. The van der Waals surface area contributed by atoms with Gasteiger partial charge in [-0.15, -0.1) is 0 Å². The van der Waals surface area contributed by atoms with Crippen molar-refractivity contribution in [3.8, 4) is 0 Å². The van der Waals surface area contributed by atoms with Gasteiger partial charge in [-0.25, -0.2) is 9.69 Å². The minimum Gasteiger partial charge on any atom is -0.510 e. The number of allylic oxidation sites excluding steroid dienone is 1. The quantitative estimate of drug-likeness (QED) is 0.649. The molecule has 2 aromatic rings. The molecule has 1 saturated heterocycles. The number of carbonyl (C=O) groups excluding carboxylic acids is 2. The lowest BCUT2D eigenvalue weighted by Crippen LogP contribution is -2.31. The average molecular weight is 399 g/mol. The fourth-order valence-electron chi connectivity index (χ4n) is 3.47. The number of nitrogens with zero attached hydrogens (tertiary/aromatic N) is 4. The summed E-state index contributed by atoms with van der Waals surface area (Å²) in [7, 11) is 0. The van der Waals surface area contributed by atoms with E-state index in [1.807, 2.05) is 13.8 Å². The van der Waals surface area contributed by atoms with E-state index in [1.54, 1.807) is 17.0 Å². The van der Waals surface area contributed by atoms with Crippen molar-refractivity contribution < 1.29 is 24.3 Å². The zero-order valence-corrected chi connectivity index (χ0v) is 16.0. The van der Waals surface area contributed by atoms with Crippen LogP contribution in [0.15, 0.2) is 40.4 Å². The van der Waals surface area contributed by atoms with Crippen molar-refractivity contribution in [2.45, 2.75) is 45.4 Å². The number of rotatable bonds is 5. The summed E-state index contributed by atoms with van der Waals surface area (Å²) in [5.74, 6) is 0.153. The maximum absolute atomic E-state index is 12.8. The fourth-order valence-corrected chi connectivity index (χ4v) is 3.47. The topological polar surface area (TPSA) is 134 Å². The van der Waals surface area contributed by atoms with Gasteiger partial charge in [-0.2, -0.15) is 5.10 Å². The highest BCUT2D eigenvalue weighted by Crippen LogP contribution is 2.25. The maximum Gasteiger partial charge on any atom is 0.329 e. The summed E-state index contributed by atoms with van der Waals surface area (Å²) in [6.07, 6.45) is 5.82. The minimum atomic E-state index is -0.923. The van der Waals surface area contributed by atoms with E-state index in [-0.39, 0.29) is 18.6 Å². The van der Waals surface area contributed by atoms with Crippen LogP contribution in [0.4, 0.5) is 10.5 Å². The molecule has 152 valence electrons. The minimum absolute atomic E-state index is 0.142.